The maximum atomic E-state index is 11.4. The number of halogens is 1. The van der Waals surface area contributed by atoms with Gasteiger partial charge in [0.2, 0.25) is 0 Å². The van der Waals surface area contributed by atoms with Crippen molar-refractivity contribution in [1.82, 2.24) is 5.32 Å². The molecule has 0 atom stereocenters. The number of benzene rings is 1. The molecule has 0 aromatic heterocycles. The Hall–Kier alpha value is -1.82. The summed E-state index contributed by atoms with van der Waals surface area (Å²) < 4.78 is 5.17. The fourth-order valence-electron chi connectivity index (χ4n) is 1.32. The van der Waals surface area contributed by atoms with Crippen molar-refractivity contribution in [3.63, 3.8) is 0 Å². The molecule has 7 heteroatoms. The van der Waals surface area contributed by atoms with Gasteiger partial charge in [0.1, 0.15) is 5.75 Å². The Morgan fingerprint density at radius 3 is 2.89 bits per heavy atom. The molecule has 0 bridgehead atoms. The summed E-state index contributed by atoms with van der Waals surface area (Å²) in [6.07, 6.45) is 1.88. The Balaban J connectivity index is 2.54. The van der Waals surface area contributed by atoms with Crippen molar-refractivity contribution in [2.45, 2.75) is 19.8 Å². The van der Waals surface area contributed by atoms with E-state index in [0.717, 1.165) is 12.8 Å². The number of hydrogen-bond donors (Lipinski definition) is 1. The van der Waals surface area contributed by atoms with Gasteiger partial charge in [-0.1, -0.05) is 24.9 Å². The molecular weight excluding hydrogens is 272 g/mol. The van der Waals surface area contributed by atoms with E-state index < -0.39 is 4.92 Å². The zero-order valence-corrected chi connectivity index (χ0v) is 11.3. The zero-order chi connectivity index (χ0) is 14.3. The Morgan fingerprint density at radius 1 is 1.53 bits per heavy atom. The molecule has 1 N–H and O–H groups in total. The predicted octanol–water partition coefficient (Wildman–Crippen LogP) is 2.54. The highest BCUT2D eigenvalue weighted by Gasteiger charge is 2.12. The van der Waals surface area contributed by atoms with Crippen LogP contribution < -0.4 is 10.1 Å². The second-order valence-corrected chi connectivity index (χ2v) is 4.27. The van der Waals surface area contributed by atoms with E-state index in [1.165, 1.54) is 18.2 Å². The molecule has 19 heavy (non-hydrogen) atoms. The monoisotopic (exact) mass is 286 g/mol. The first-order chi connectivity index (χ1) is 9.04. The molecule has 0 fully saturated rings. The van der Waals surface area contributed by atoms with Crippen LogP contribution in [0.25, 0.3) is 0 Å². The highest BCUT2D eigenvalue weighted by Crippen LogP contribution is 2.28. The maximum Gasteiger partial charge on any atom is 0.273 e. The van der Waals surface area contributed by atoms with Crippen LogP contribution in [-0.2, 0) is 4.79 Å². The smallest absolute Gasteiger partial charge is 0.273 e. The standard InChI is InChI=1S/C12H15ClN2O4/c1-2-3-6-14-12(16)8-19-11-7-9(15(17)18)4-5-10(11)13/h4-5,7H,2-3,6,8H2,1H3,(H,14,16). The molecule has 6 nitrogen and oxygen atoms in total. The molecule has 1 aromatic rings. The van der Waals surface area contributed by atoms with Gasteiger partial charge in [-0.2, -0.15) is 0 Å². The number of hydrogen-bond acceptors (Lipinski definition) is 4. The third-order valence-corrected chi connectivity index (χ3v) is 2.65. The summed E-state index contributed by atoms with van der Waals surface area (Å²) >= 11 is 5.83. The number of carbonyl (C=O) groups excluding carboxylic acids is 1. The minimum absolute atomic E-state index is 0.126. The van der Waals surface area contributed by atoms with Crippen LogP contribution in [0.15, 0.2) is 18.2 Å². The molecule has 0 aliphatic rings. The number of nitro groups is 1. The quantitative estimate of drug-likeness (QED) is 0.474. The number of ether oxygens (including phenoxy) is 1. The van der Waals surface area contributed by atoms with E-state index in [9.17, 15) is 14.9 Å². The average Bonchev–Trinajstić information content (AvgIpc) is 2.37. The number of non-ortho nitro benzene ring substituents is 1. The van der Waals surface area contributed by atoms with E-state index in [1.807, 2.05) is 6.92 Å². The highest BCUT2D eigenvalue weighted by molar-refractivity contribution is 6.32. The van der Waals surface area contributed by atoms with Crippen molar-refractivity contribution in [3.8, 4) is 5.75 Å². The minimum atomic E-state index is -0.551. The van der Waals surface area contributed by atoms with Gasteiger partial charge in [-0.3, -0.25) is 14.9 Å². The first kappa shape index (κ1) is 15.2. The Bertz CT molecular complexity index is 465. The van der Waals surface area contributed by atoms with Crippen LogP contribution in [0.4, 0.5) is 5.69 Å². The van der Waals surface area contributed by atoms with Gasteiger partial charge in [0.25, 0.3) is 11.6 Å². The van der Waals surface area contributed by atoms with E-state index in [1.54, 1.807) is 0 Å². The lowest BCUT2D eigenvalue weighted by Gasteiger charge is -2.08. The summed E-state index contributed by atoms with van der Waals surface area (Å²) in [5.74, 6) is -0.155. The second kappa shape index (κ2) is 7.58. The molecule has 0 radical (unpaired) electrons. The van der Waals surface area contributed by atoms with E-state index in [-0.39, 0.29) is 29.0 Å². The fourth-order valence-corrected chi connectivity index (χ4v) is 1.49. The molecule has 0 aliphatic carbocycles. The Morgan fingerprint density at radius 2 is 2.26 bits per heavy atom. The summed E-state index contributed by atoms with van der Waals surface area (Å²) in [5.41, 5.74) is -0.134. The third-order valence-electron chi connectivity index (χ3n) is 2.34. The van der Waals surface area contributed by atoms with Gasteiger partial charge in [-0.25, -0.2) is 0 Å². The minimum Gasteiger partial charge on any atom is -0.482 e. The number of nitro benzene ring substituents is 1. The maximum absolute atomic E-state index is 11.4. The molecule has 0 saturated heterocycles. The summed E-state index contributed by atoms with van der Waals surface area (Å²) in [4.78, 5) is 21.5. The number of unbranched alkanes of at least 4 members (excludes halogenated alkanes) is 1. The largest absolute Gasteiger partial charge is 0.482 e. The van der Waals surface area contributed by atoms with E-state index >= 15 is 0 Å². The van der Waals surface area contributed by atoms with E-state index in [0.29, 0.717) is 6.54 Å². The van der Waals surface area contributed by atoms with Crippen LogP contribution >= 0.6 is 11.6 Å². The first-order valence-corrected chi connectivity index (χ1v) is 6.25. The van der Waals surface area contributed by atoms with Crippen molar-refractivity contribution < 1.29 is 14.5 Å². The molecule has 0 aliphatic heterocycles. The molecule has 0 saturated carbocycles. The normalized spacial score (nSPS) is 10.0. The van der Waals surface area contributed by atoms with Gasteiger partial charge >= 0.3 is 0 Å². The van der Waals surface area contributed by atoms with Gasteiger partial charge in [-0.05, 0) is 12.5 Å². The number of rotatable bonds is 7. The summed E-state index contributed by atoms with van der Waals surface area (Å²) in [7, 11) is 0. The van der Waals surface area contributed by atoms with Crippen LogP contribution in [0.3, 0.4) is 0 Å². The lowest BCUT2D eigenvalue weighted by atomic mass is 10.3. The van der Waals surface area contributed by atoms with Crippen LogP contribution in [0.5, 0.6) is 5.75 Å². The van der Waals surface area contributed by atoms with Crippen LogP contribution in [0, 0.1) is 10.1 Å². The average molecular weight is 287 g/mol. The zero-order valence-electron chi connectivity index (χ0n) is 10.5. The summed E-state index contributed by atoms with van der Waals surface area (Å²) in [5, 5.41) is 13.5. The molecule has 0 heterocycles. The van der Waals surface area contributed by atoms with Crippen molar-refractivity contribution in [2.24, 2.45) is 0 Å². The lowest BCUT2D eigenvalue weighted by molar-refractivity contribution is -0.384. The van der Waals surface area contributed by atoms with E-state index in [2.05, 4.69) is 5.32 Å². The van der Waals surface area contributed by atoms with Crippen LogP contribution in [0.2, 0.25) is 5.02 Å². The van der Waals surface area contributed by atoms with Gasteiger partial charge < -0.3 is 10.1 Å². The Kier molecular flexibility index (Phi) is 6.08. The third kappa shape index (κ3) is 5.13. The molecular formula is C12H15ClN2O4. The lowest BCUT2D eigenvalue weighted by Crippen LogP contribution is -2.29. The Labute approximate surface area is 115 Å². The number of amides is 1. The molecule has 0 spiro atoms. The summed E-state index contributed by atoms with van der Waals surface area (Å²) in [6.45, 7) is 2.39. The van der Waals surface area contributed by atoms with Gasteiger partial charge in [0.05, 0.1) is 16.0 Å². The van der Waals surface area contributed by atoms with Crippen molar-refractivity contribution in [3.05, 3.63) is 33.3 Å². The van der Waals surface area contributed by atoms with Gasteiger partial charge in [0, 0.05) is 12.6 Å². The summed E-state index contributed by atoms with van der Waals surface area (Å²) in [6, 6.07) is 3.84. The number of nitrogens with zero attached hydrogens (tertiary/aromatic N) is 1. The van der Waals surface area contributed by atoms with Crippen molar-refractivity contribution in [2.75, 3.05) is 13.2 Å². The molecule has 104 valence electrons. The fraction of sp³-hybridized carbons (Fsp3) is 0.417. The SMILES string of the molecule is CCCCNC(=O)COc1cc([N+](=O)[O-])ccc1Cl. The number of nitrogens with one attached hydrogen (secondary N) is 1. The topological polar surface area (TPSA) is 81.5 Å². The molecule has 1 rings (SSSR count). The molecule has 1 amide bonds. The molecule has 0 unspecified atom stereocenters. The first-order valence-electron chi connectivity index (χ1n) is 5.88. The number of carbonyl (C=O) groups is 1. The second-order valence-electron chi connectivity index (χ2n) is 3.86. The van der Waals surface area contributed by atoms with E-state index in [4.69, 9.17) is 16.3 Å². The van der Waals surface area contributed by atoms with Crippen molar-refractivity contribution >= 4 is 23.2 Å². The highest BCUT2D eigenvalue weighted by atomic mass is 35.5. The van der Waals surface area contributed by atoms with Crippen LogP contribution in [-0.4, -0.2) is 24.0 Å². The molecule has 1 aromatic carbocycles. The van der Waals surface area contributed by atoms with Gasteiger partial charge in [-0.15, -0.1) is 0 Å². The van der Waals surface area contributed by atoms with Gasteiger partial charge in [0.15, 0.2) is 6.61 Å². The predicted molar refractivity (Wildman–Crippen MR) is 71.5 cm³/mol. The van der Waals surface area contributed by atoms with Crippen LogP contribution in [0.1, 0.15) is 19.8 Å². The van der Waals surface area contributed by atoms with Crippen molar-refractivity contribution in [1.29, 1.82) is 0 Å².